The van der Waals surface area contributed by atoms with Gasteiger partial charge in [0, 0.05) is 0 Å². The summed E-state index contributed by atoms with van der Waals surface area (Å²) in [6, 6.07) is 6.57. The summed E-state index contributed by atoms with van der Waals surface area (Å²) in [6.45, 7) is 2.28. The standard InChI is InChI=1S/C29H45F3O/c1-2-3-4-5-6-7-8-9-10-23-11-13-24(14-12-23)25-15-17-26(18-16-25)27-19-21-28(22-20-27)33-29(30,31)32/h19-26H,2-18H2,1H3. The first kappa shape index (κ1) is 26.4. The molecule has 0 atom stereocenters. The van der Waals surface area contributed by atoms with Crippen LogP contribution in [-0.4, -0.2) is 6.36 Å². The molecule has 33 heavy (non-hydrogen) atoms. The van der Waals surface area contributed by atoms with Crippen molar-refractivity contribution in [2.45, 2.75) is 128 Å². The Bertz CT molecular complexity index is 638. The van der Waals surface area contributed by atoms with Gasteiger partial charge in [-0.15, -0.1) is 13.2 Å². The predicted octanol–water partition coefficient (Wildman–Crippen LogP) is 10.2. The SMILES string of the molecule is CCCCCCCCCCC1CCC(C2CCC(c3ccc(OC(F)(F)F)cc3)CC2)CC1. The number of rotatable bonds is 12. The highest BCUT2D eigenvalue weighted by Crippen LogP contribution is 2.44. The molecule has 0 spiro atoms. The van der Waals surface area contributed by atoms with Crippen LogP contribution in [0.3, 0.4) is 0 Å². The number of hydrogen-bond acceptors (Lipinski definition) is 1. The molecule has 0 bridgehead atoms. The highest BCUT2D eigenvalue weighted by atomic mass is 19.4. The minimum atomic E-state index is -4.62. The Morgan fingerprint density at radius 1 is 0.697 bits per heavy atom. The molecule has 0 N–H and O–H groups in total. The summed E-state index contributed by atoms with van der Waals surface area (Å²) in [5.41, 5.74) is 1.16. The maximum atomic E-state index is 12.4. The third kappa shape index (κ3) is 9.53. The van der Waals surface area contributed by atoms with Crippen LogP contribution >= 0.6 is 0 Å². The molecular formula is C29H45F3O. The number of unbranched alkanes of at least 4 members (excludes halogenated alkanes) is 7. The molecule has 3 rings (SSSR count). The summed E-state index contributed by atoms with van der Waals surface area (Å²) in [5, 5.41) is 0. The fourth-order valence-corrected chi connectivity index (χ4v) is 6.38. The van der Waals surface area contributed by atoms with Crippen LogP contribution < -0.4 is 4.74 Å². The van der Waals surface area contributed by atoms with Gasteiger partial charge in [0.2, 0.25) is 0 Å². The third-order valence-corrected chi connectivity index (χ3v) is 8.38. The van der Waals surface area contributed by atoms with Crippen LogP contribution in [-0.2, 0) is 0 Å². The first-order chi connectivity index (χ1) is 15.9. The average molecular weight is 467 g/mol. The molecule has 2 aliphatic carbocycles. The lowest BCUT2D eigenvalue weighted by atomic mass is 9.68. The molecule has 2 aliphatic rings. The maximum absolute atomic E-state index is 12.4. The van der Waals surface area contributed by atoms with Crippen LogP contribution in [0, 0.1) is 17.8 Å². The summed E-state index contributed by atoms with van der Waals surface area (Å²) in [6.07, 6.45) is 18.7. The van der Waals surface area contributed by atoms with Gasteiger partial charge >= 0.3 is 6.36 Å². The fraction of sp³-hybridized carbons (Fsp3) is 0.793. The van der Waals surface area contributed by atoms with Crippen molar-refractivity contribution in [3.8, 4) is 5.75 Å². The highest BCUT2D eigenvalue weighted by Gasteiger charge is 2.32. The second-order valence-corrected chi connectivity index (χ2v) is 10.8. The van der Waals surface area contributed by atoms with E-state index in [2.05, 4.69) is 11.7 Å². The number of benzene rings is 1. The molecule has 188 valence electrons. The highest BCUT2D eigenvalue weighted by molar-refractivity contribution is 5.29. The van der Waals surface area contributed by atoms with Crippen LogP contribution in [0.1, 0.15) is 128 Å². The van der Waals surface area contributed by atoms with Crippen LogP contribution in [0.15, 0.2) is 24.3 Å². The van der Waals surface area contributed by atoms with Crippen molar-refractivity contribution in [2.75, 3.05) is 0 Å². The lowest BCUT2D eigenvalue weighted by Crippen LogP contribution is -2.25. The molecule has 1 aromatic rings. The largest absolute Gasteiger partial charge is 0.573 e. The first-order valence-corrected chi connectivity index (χ1v) is 13.8. The molecule has 0 aliphatic heterocycles. The van der Waals surface area contributed by atoms with Crippen molar-refractivity contribution < 1.29 is 17.9 Å². The van der Waals surface area contributed by atoms with Crippen molar-refractivity contribution >= 4 is 0 Å². The van der Waals surface area contributed by atoms with E-state index in [0.29, 0.717) is 5.92 Å². The van der Waals surface area contributed by atoms with E-state index in [9.17, 15) is 13.2 Å². The molecule has 4 heteroatoms. The van der Waals surface area contributed by atoms with Crippen LogP contribution in [0.5, 0.6) is 5.75 Å². The van der Waals surface area contributed by atoms with E-state index in [1.165, 1.54) is 121 Å². The fourth-order valence-electron chi connectivity index (χ4n) is 6.38. The molecule has 0 amide bonds. The summed E-state index contributed by atoms with van der Waals surface area (Å²) >= 11 is 0. The maximum Gasteiger partial charge on any atom is 0.573 e. The molecular weight excluding hydrogens is 421 g/mol. The lowest BCUT2D eigenvalue weighted by molar-refractivity contribution is -0.274. The van der Waals surface area contributed by atoms with Crippen LogP contribution in [0.25, 0.3) is 0 Å². The van der Waals surface area contributed by atoms with Crippen molar-refractivity contribution in [1.82, 2.24) is 0 Å². The summed E-state index contributed by atoms with van der Waals surface area (Å²) in [4.78, 5) is 0. The molecule has 0 aromatic heterocycles. The molecule has 0 heterocycles. The lowest BCUT2D eigenvalue weighted by Gasteiger charge is -2.38. The zero-order chi connectivity index (χ0) is 23.5. The molecule has 0 radical (unpaired) electrons. The van der Waals surface area contributed by atoms with E-state index < -0.39 is 6.36 Å². The first-order valence-electron chi connectivity index (χ1n) is 13.8. The van der Waals surface area contributed by atoms with Gasteiger partial charge in [-0.2, -0.15) is 0 Å². The molecule has 2 fully saturated rings. The molecule has 0 saturated heterocycles. The van der Waals surface area contributed by atoms with Crippen LogP contribution in [0.4, 0.5) is 13.2 Å². The Kier molecular flexibility index (Phi) is 10.9. The molecule has 0 unspecified atom stereocenters. The number of halogens is 3. The third-order valence-electron chi connectivity index (χ3n) is 8.38. The van der Waals surface area contributed by atoms with Crippen molar-refractivity contribution in [2.24, 2.45) is 17.8 Å². The van der Waals surface area contributed by atoms with Crippen molar-refractivity contribution in [3.63, 3.8) is 0 Å². The topological polar surface area (TPSA) is 9.23 Å². The zero-order valence-electron chi connectivity index (χ0n) is 20.7. The van der Waals surface area contributed by atoms with E-state index in [0.717, 1.165) is 23.3 Å². The Morgan fingerprint density at radius 2 is 1.21 bits per heavy atom. The van der Waals surface area contributed by atoms with E-state index in [4.69, 9.17) is 0 Å². The van der Waals surface area contributed by atoms with Gasteiger partial charge in [0.05, 0.1) is 0 Å². The van der Waals surface area contributed by atoms with E-state index in [1.807, 2.05) is 12.1 Å². The summed E-state index contributed by atoms with van der Waals surface area (Å²) < 4.78 is 41.1. The van der Waals surface area contributed by atoms with Crippen molar-refractivity contribution in [1.29, 1.82) is 0 Å². The molecule has 2 saturated carbocycles. The van der Waals surface area contributed by atoms with Gasteiger partial charge < -0.3 is 4.74 Å². The van der Waals surface area contributed by atoms with Crippen molar-refractivity contribution in [3.05, 3.63) is 29.8 Å². The van der Waals surface area contributed by atoms with Gasteiger partial charge in [0.15, 0.2) is 0 Å². The van der Waals surface area contributed by atoms with Gasteiger partial charge in [-0.3, -0.25) is 0 Å². The summed E-state index contributed by atoms with van der Waals surface area (Å²) in [5.74, 6) is 3.10. The van der Waals surface area contributed by atoms with E-state index >= 15 is 0 Å². The normalized spacial score (nSPS) is 26.3. The molecule has 1 aromatic carbocycles. The smallest absolute Gasteiger partial charge is 0.406 e. The Balaban J connectivity index is 1.28. The quantitative estimate of drug-likeness (QED) is 0.278. The number of hydrogen-bond donors (Lipinski definition) is 0. The van der Waals surface area contributed by atoms with E-state index in [1.54, 1.807) is 0 Å². The monoisotopic (exact) mass is 466 g/mol. The second kappa shape index (κ2) is 13.6. The predicted molar refractivity (Wildman–Crippen MR) is 130 cm³/mol. The Morgan fingerprint density at radius 3 is 1.76 bits per heavy atom. The molecule has 1 nitrogen and oxygen atoms in total. The minimum Gasteiger partial charge on any atom is -0.406 e. The van der Waals surface area contributed by atoms with Gasteiger partial charge in [-0.25, -0.2) is 0 Å². The Hall–Kier alpha value is -1.19. The second-order valence-electron chi connectivity index (χ2n) is 10.8. The average Bonchev–Trinajstić information content (AvgIpc) is 2.81. The number of ether oxygens (including phenoxy) is 1. The van der Waals surface area contributed by atoms with Crippen LogP contribution in [0.2, 0.25) is 0 Å². The Labute approximate surface area is 199 Å². The number of alkyl halides is 3. The van der Waals surface area contributed by atoms with E-state index in [-0.39, 0.29) is 5.75 Å². The zero-order valence-corrected chi connectivity index (χ0v) is 20.7. The van der Waals surface area contributed by atoms with Gasteiger partial charge in [0.25, 0.3) is 0 Å². The van der Waals surface area contributed by atoms with Gasteiger partial charge in [0.1, 0.15) is 5.75 Å². The minimum absolute atomic E-state index is 0.122. The van der Waals surface area contributed by atoms with Gasteiger partial charge in [-0.05, 0) is 79.9 Å². The summed E-state index contributed by atoms with van der Waals surface area (Å²) in [7, 11) is 0. The van der Waals surface area contributed by atoms with Gasteiger partial charge in [-0.1, -0.05) is 89.7 Å².